The molecule has 0 aliphatic carbocycles. The average molecular weight is 176 g/mol. The van der Waals surface area contributed by atoms with Gasteiger partial charge >= 0.3 is 0 Å². The summed E-state index contributed by atoms with van der Waals surface area (Å²) < 4.78 is 1.50. The number of rotatable bonds is 1. The number of nitrogen functional groups attached to an aromatic ring is 1. The summed E-state index contributed by atoms with van der Waals surface area (Å²) in [5.74, 6) is 0.385. The van der Waals surface area contributed by atoms with E-state index in [0.29, 0.717) is 5.82 Å². The number of nitrogens with zero attached hydrogens (tertiary/aromatic N) is 2. The van der Waals surface area contributed by atoms with Gasteiger partial charge in [0.15, 0.2) is 0 Å². The summed E-state index contributed by atoms with van der Waals surface area (Å²) in [4.78, 5) is 14.8. The SMILES string of the molecule is Nc1cc(=O)[nH]n1-c1ccncc1. The minimum absolute atomic E-state index is 0.214. The van der Waals surface area contributed by atoms with Crippen LogP contribution in [0.25, 0.3) is 5.69 Å². The molecule has 0 saturated heterocycles. The Bertz CT molecular complexity index is 456. The molecular formula is C8H8N4O. The van der Waals surface area contributed by atoms with Gasteiger partial charge in [0.25, 0.3) is 5.56 Å². The molecule has 0 saturated carbocycles. The highest BCUT2D eigenvalue weighted by Crippen LogP contribution is 2.07. The second kappa shape index (κ2) is 2.78. The zero-order valence-electron chi connectivity index (χ0n) is 6.77. The fourth-order valence-corrected chi connectivity index (χ4v) is 1.11. The smallest absolute Gasteiger partial charge is 0.266 e. The van der Waals surface area contributed by atoms with Crippen molar-refractivity contribution in [3.63, 3.8) is 0 Å². The largest absolute Gasteiger partial charge is 0.384 e. The zero-order valence-corrected chi connectivity index (χ0v) is 6.77. The molecule has 0 aliphatic rings. The van der Waals surface area contributed by atoms with Crippen LogP contribution in [0, 0.1) is 0 Å². The normalized spacial score (nSPS) is 10.2. The van der Waals surface area contributed by atoms with E-state index >= 15 is 0 Å². The van der Waals surface area contributed by atoms with Crippen molar-refractivity contribution in [2.75, 3.05) is 5.73 Å². The molecule has 0 amide bonds. The van der Waals surface area contributed by atoms with Crippen LogP contribution in [-0.4, -0.2) is 14.8 Å². The van der Waals surface area contributed by atoms with E-state index in [1.54, 1.807) is 24.5 Å². The lowest BCUT2D eigenvalue weighted by Crippen LogP contribution is -2.04. The Morgan fingerprint density at radius 3 is 2.62 bits per heavy atom. The molecule has 2 aromatic heterocycles. The van der Waals surface area contributed by atoms with Gasteiger partial charge in [-0.05, 0) is 12.1 Å². The molecule has 13 heavy (non-hydrogen) atoms. The molecule has 0 spiro atoms. The topological polar surface area (TPSA) is 76.7 Å². The Hall–Kier alpha value is -2.04. The van der Waals surface area contributed by atoms with Crippen molar-refractivity contribution in [1.82, 2.24) is 14.8 Å². The molecule has 3 N–H and O–H groups in total. The van der Waals surface area contributed by atoms with Crippen LogP contribution < -0.4 is 11.3 Å². The van der Waals surface area contributed by atoms with E-state index in [1.807, 2.05) is 0 Å². The highest BCUT2D eigenvalue weighted by Gasteiger charge is 2.00. The fraction of sp³-hybridized carbons (Fsp3) is 0. The Morgan fingerprint density at radius 1 is 1.38 bits per heavy atom. The van der Waals surface area contributed by atoms with Crippen LogP contribution >= 0.6 is 0 Å². The first-order valence-electron chi connectivity index (χ1n) is 3.75. The number of hydrogen-bond acceptors (Lipinski definition) is 3. The average Bonchev–Trinajstić information content (AvgIpc) is 2.47. The lowest BCUT2D eigenvalue weighted by molar-refractivity contribution is 0.871. The van der Waals surface area contributed by atoms with Crippen molar-refractivity contribution in [2.45, 2.75) is 0 Å². The quantitative estimate of drug-likeness (QED) is 0.649. The summed E-state index contributed by atoms with van der Waals surface area (Å²) in [7, 11) is 0. The van der Waals surface area contributed by atoms with E-state index in [2.05, 4.69) is 10.1 Å². The Labute approximate surface area is 73.8 Å². The van der Waals surface area contributed by atoms with Crippen molar-refractivity contribution in [2.24, 2.45) is 0 Å². The molecular weight excluding hydrogens is 168 g/mol. The summed E-state index contributed by atoms with van der Waals surface area (Å²) in [6.45, 7) is 0. The standard InChI is InChI=1S/C8H8N4O/c9-7-5-8(13)11-12(7)6-1-3-10-4-2-6/h1-5H,9H2,(H,11,13). The van der Waals surface area contributed by atoms with Gasteiger partial charge in [-0.1, -0.05) is 0 Å². The molecule has 5 nitrogen and oxygen atoms in total. The molecule has 0 bridgehead atoms. The van der Waals surface area contributed by atoms with E-state index in [0.717, 1.165) is 5.69 Å². The van der Waals surface area contributed by atoms with Crippen LogP contribution in [0.5, 0.6) is 0 Å². The molecule has 0 fully saturated rings. The molecule has 0 radical (unpaired) electrons. The lowest BCUT2D eigenvalue weighted by Gasteiger charge is -2.02. The molecule has 0 aliphatic heterocycles. The number of hydrogen-bond donors (Lipinski definition) is 2. The van der Waals surface area contributed by atoms with Crippen molar-refractivity contribution in [3.8, 4) is 5.69 Å². The maximum atomic E-state index is 10.9. The van der Waals surface area contributed by atoms with Crippen LogP contribution in [0.15, 0.2) is 35.4 Å². The number of H-pyrrole nitrogens is 1. The Morgan fingerprint density at radius 2 is 2.08 bits per heavy atom. The summed E-state index contributed by atoms with van der Waals surface area (Å²) in [6.07, 6.45) is 3.26. The van der Waals surface area contributed by atoms with Crippen molar-refractivity contribution in [1.29, 1.82) is 0 Å². The minimum atomic E-state index is -0.214. The first-order chi connectivity index (χ1) is 6.27. The third-order valence-corrected chi connectivity index (χ3v) is 1.68. The van der Waals surface area contributed by atoms with E-state index in [1.165, 1.54) is 10.7 Å². The van der Waals surface area contributed by atoms with Gasteiger partial charge in [-0.25, -0.2) is 4.68 Å². The van der Waals surface area contributed by atoms with Crippen LogP contribution in [0.3, 0.4) is 0 Å². The molecule has 0 aromatic carbocycles. The van der Waals surface area contributed by atoms with Gasteiger partial charge in [0.1, 0.15) is 5.82 Å². The maximum absolute atomic E-state index is 10.9. The van der Waals surface area contributed by atoms with E-state index in [-0.39, 0.29) is 5.56 Å². The lowest BCUT2D eigenvalue weighted by atomic mass is 10.4. The van der Waals surface area contributed by atoms with Crippen LogP contribution in [0.1, 0.15) is 0 Å². The predicted molar refractivity (Wildman–Crippen MR) is 48.6 cm³/mol. The molecule has 2 aromatic rings. The van der Waals surface area contributed by atoms with E-state index in [9.17, 15) is 4.79 Å². The van der Waals surface area contributed by atoms with Crippen molar-refractivity contribution in [3.05, 3.63) is 40.9 Å². The predicted octanol–water partition coefficient (Wildman–Crippen LogP) is 0.143. The molecule has 0 atom stereocenters. The molecule has 66 valence electrons. The number of nitrogens with one attached hydrogen (secondary N) is 1. The third kappa shape index (κ3) is 1.31. The number of nitrogens with two attached hydrogens (primary N) is 1. The number of anilines is 1. The van der Waals surface area contributed by atoms with Gasteiger partial charge in [0.05, 0.1) is 5.69 Å². The number of aromatic amines is 1. The summed E-state index contributed by atoms with van der Waals surface area (Å²) in [5.41, 5.74) is 6.16. The molecule has 2 heterocycles. The Kier molecular flexibility index (Phi) is 1.63. The Balaban J connectivity index is 2.59. The van der Waals surface area contributed by atoms with E-state index < -0.39 is 0 Å². The fourth-order valence-electron chi connectivity index (χ4n) is 1.11. The highest BCUT2D eigenvalue weighted by molar-refractivity contribution is 5.39. The molecule has 2 rings (SSSR count). The third-order valence-electron chi connectivity index (χ3n) is 1.68. The van der Waals surface area contributed by atoms with Gasteiger partial charge in [-0.15, -0.1) is 0 Å². The van der Waals surface area contributed by atoms with Crippen molar-refractivity contribution < 1.29 is 0 Å². The first kappa shape index (κ1) is 7.60. The van der Waals surface area contributed by atoms with Crippen molar-refractivity contribution >= 4 is 5.82 Å². The van der Waals surface area contributed by atoms with Gasteiger partial charge < -0.3 is 5.73 Å². The molecule has 5 heteroatoms. The first-order valence-corrected chi connectivity index (χ1v) is 3.75. The summed E-state index contributed by atoms with van der Waals surface area (Å²) in [6, 6.07) is 4.85. The number of aromatic nitrogens is 3. The van der Waals surface area contributed by atoms with Gasteiger partial charge in [0.2, 0.25) is 0 Å². The maximum Gasteiger partial charge on any atom is 0.266 e. The molecule has 0 unspecified atom stereocenters. The second-order valence-electron chi connectivity index (χ2n) is 2.59. The monoisotopic (exact) mass is 176 g/mol. The zero-order chi connectivity index (χ0) is 9.26. The minimum Gasteiger partial charge on any atom is -0.384 e. The van der Waals surface area contributed by atoms with Gasteiger partial charge in [0, 0.05) is 18.5 Å². The number of pyridine rings is 1. The van der Waals surface area contributed by atoms with E-state index in [4.69, 9.17) is 5.73 Å². The summed E-state index contributed by atoms with van der Waals surface area (Å²) >= 11 is 0. The van der Waals surface area contributed by atoms with Crippen LogP contribution in [-0.2, 0) is 0 Å². The second-order valence-corrected chi connectivity index (χ2v) is 2.59. The highest BCUT2D eigenvalue weighted by atomic mass is 16.1. The van der Waals surface area contributed by atoms with Gasteiger partial charge in [-0.3, -0.25) is 14.9 Å². The van der Waals surface area contributed by atoms with Crippen LogP contribution in [0.2, 0.25) is 0 Å². The van der Waals surface area contributed by atoms with Crippen LogP contribution in [0.4, 0.5) is 5.82 Å². The summed E-state index contributed by atoms with van der Waals surface area (Å²) in [5, 5.41) is 2.57. The van der Waals surface area contributed by atoms with Gasteiger partial charge in [-0.2, -0.15) is 0 Å².